The molecule has 0 aromatic heterocycles. The van der Waals surface area contributed by atoms with E-state index >= 15 is 0 Å². The summed E-state index contributed by atoms with van der Waals surface area (Å²) in [6.07, 6.45) is 0. The van der Waals surface area contributed by atoms with Gasteiger partial charge in [-0.25, -0.2) is 0 Å². The molecule has 0 aliphatic rings. The summed E-state index contributed by atoms with van der Waals surface area (Å²) in [5.74, 6) is 1.74. The van der Waals surface area contributed by atoms with Gasteiger partial charge in [-0.1, -0.05) is 18.2 Å². The topological polar surface area (TPSA) is 18.5 Å². The first-order valence-electron chi connectivity index (χ1n) is 3.77. The zero-order valence-corrected chi connectivity index (χ0v) is 7.84. The van der Waals surface area contributed by atoms with Crippen LogP contribution in [0.15, 0.2) is 30.3 Å². The summed E-state index contributed by atoms with van der Waals surface area (Å²) in [7, 11) is 1.68. The standard InChI is InChI=1S/C9H12O2S/c1-10-7-8-12-11-9-5-3-2-4-6-9/h2-6H,7-8H2,1H3. The quantitative estimate of drug-likeness (QED) is 0.517. The Morgan fingerprint density at radius 1 is 1.25 bits per heavy atom. The second kappa shape index (κ2) is 5.91. The molecule has 0 spiro atoms. The van der Waals surface area contributed by atoms with E-state index in [1.807, 2.05) is 30.3 Å². The summed E-state index contributed by atoms with van der Waals surface area (Å²) in [4.78, 5) is 0. The van der Waals surface area contributed by atoms with Crippen LogP contribution in [0.1, 0.15) is 0 Å². The summed E-state index contributed by atoms with van der Waals surface area (Å²) in [5, 5.41) is 0. The highest BCUT2D eigenvalue weighted by atomic mass is 32.2. The van der Waals surface area contributed by atoms with Gasteiger partial charge < -0.3 is 8.92 Å². The number of hydrogen-bond donors (Lipinski definition) is 0. The molecule has 2 nitrogen and oxygen atoms in total. The largest absolute Gasteiger partial charge is 0.426 e. The zero-order chi connectivity index (χ0) is 8.65. The maximum absolute atomic E-state index is 5.34. The van der Waals surface area contributed by atoms with Crippen LogP contribution in [0, 0.1) is 0 Å². The predicted octanol–water partition coefficient (Wildman–Crippen LogP) is 2.36. The summed E-state index contributed by atoms with van der Waals surface area (Å²) >= 11 is 1.41. The molecule has 0 amide bonds. The van der Waals surface area contributed by atoms with Crippen LogP contribution in [0.2, 0.25) is 0 Å². The molecule has 0 unspecified atom stereocenters. The SMILES string of the molecule is COCCSOc1ccccc1. The molecule has 0 radical (unpaired) electrons. The third kappa shape index (κ3) is 3.64. The summed E-state index contributed by atoms with van der Waals surface area (Å²) in [5.41, 5.74) is 0. The van der Waals surface area contributed by atoms with E-state index < -0.39 is 0 Å². The van der Waals surface area contributed by atoms with E-state index in [1.165, 1.54) is 12.0 Å². The first-order valence-corrected chi connectivity index (χ1v) is 4.68. The molecule has 1 aromatic carbocycles. The fourth-order valence-corrected chi connectivity index (χ4v) is 1.27. The summed E-state index contributed by atoms with van der Waals surface area (Å²) in [6, 6.07) is 9.73. The van der Waals surface area contributed by atoms with Crippen LogP contribution in [0.4, 0.5) is 0 Å². The van der Waals surface area contributed by atoms with E-state index in [9.17, 15) is 0 Å². The third-order valence-corrected chi connectivity index (χ3v) is 1.91. The summed E-state index contributed by atoms with van der Waals surface area (Å²) in [6.45, 7) is 0.720. The van der Waals surface area contributed by atoms with Crippen LogP contribution in [0.3, 0.4) is 0 Å². The van der Waals surface area contributed by atoms with Gasteiger partial charge in [0.15, 0.2) is 0 Å². The lowest BCUT2D eigenvalue weighted by Gasteiger charge is -2.02. The van der Waals surface area contributed by atoms with Gasteiger partial charge in [-0.15, -0.1) is 0 Å². The summed E-state index contributed by atoms with van der Waals surface area (Å²) < 4.78 is 10.2. The molecule has 0 aliphatic heterocycles. The Kier molecular flexibility index (Phi) is 4.64. The highest BCUT2D eigenvalue weighted by Gasteiger charge is 1.91. The first-order chi connectivity index (χ1) is 5.93. The Morgan fingerprint density at radius 2 is 2.00 bits per heavy atom. The predicted molar refractivity (Wildman–Crippen MR) is 51.4 cm³/mol. The fraction of sp³-hybridized carbons (Fsp3) is 0.333. The highest BCUT2D eigenvalue weighted by molar-refractivity contribution is 7.95. The molecule has 0 aliphatic carbocycles. The van der Waals surface area contributed by atoms with Gasteiger partial charge in [0.2, 0.25) is 0 Å². The average molecular weight is 184 g/mol. The van der Waals surface area contributed by atoms with Gasteiger partial charge in [-0.3, -0.25) is 0 Å². The molecule has 0 atom stereocenters. The lowest BCUT2D eigenvalue weighted by Crippen LogP contribution is -1.93. The van der Waals surface area contributed by atoms with Gasteiger partial charge in [0, 0.05) is 7.11 Å². The molecule has 0 fully saturated rings. The number of hydrogen-bond acceptors (Lipinski definition) is 3. The van der Waals surface area contributed by atoms with Crippen LogP contribution in [0.25, 0.3) is 0 Å². The van der Waals surface area contributed by atoms with Crippen LogP contribution in [-0.2, 0) is 4.74 Å². The Bertz CT molecular complexity index is 201. The minimum Gasteiger partial charge on any atom is -0.426 e. The molecule has 0 bridgehead atoms. The monoisotopic (exact) mass is 184 g/mol. The smallest absolute Gasteiger partial charge is 0.137 e. The molecule has 1 aromatic rings. The van der Waals surface area contributed by atoms with Crippen LogP contribution in [0.5, 0.6) is 5.75 Å². The maximum atomic E-state index is 5.34. The van der Waals surface area contributed by atoms with E-state index in [4.69, 9.17) is 8.92 Å². The van der Waals surface area contributed by atoms with Crippen LogP contribution >= 0.6 is 12.0 Å². The van der Waals surface area contributed by atoms with Crippen molar-refractivity contribution in [2.24, 2.45) is 0 Å². The van der Waals surface area contributed by atoms with Crippen molar-refractivity contribution in [2.75, 3.05) is 19.5 Å². The van der Waals surface area contributed by atoms with E-state index in [0.29, 0.717) is 0 Å². The normalized spacial score (nSPS) is 9.75. The van der Waals surface area contributed by atoms with Gasteiger partial charge in [-0.2, -0.15) is 0 Å². The van der Waals surface area contributed by atoms with E-state index in [0.717, 1.165) is 18.1 Å². The van der Waals surface area contributed by atoms with Crippen LogP contribution in [-0.4, -0.2) is 19.5 Å². The van der Waals surface area contributed by atoms with Gasteiger partial charge in [0.1, 0.15) is 5.75 Å². The average Bonchev–Trinajstić information content (AvgIpc) is 2.14. The molecular weight excluding hydrogens is 172 g/mol. The maximum Gasteiger partial charge on any atom is 0.137 e. The third-order valence-electron chi connectivity index (χ3n) is 1.27. The molecule has 0 heterocycles. The molecule has 66 valence electrons. The van der Waals surface area contributed by atoms with Crippen molar-refractivity contribution in [3.05, 3.63) is 30.3 Å². The fourth-order valence-electron chi connectivity index (χ4n) is 0.703. The highest BCUT2D eigenvalue weighted by Crippen LogP contribution is 2.14. The van der Waals surface area contributed by atoms with Crippen molar-refractivity contribution in [1.82, 2.24) is 0 Å². The number of ether oxygens (including phenoxy) is 1. The number of methoxy groups -OCH3 is 1. The molecule has 3 heteroatoms. The van der Waals surface area contributed by atoms with Crippen LogP contribution < -0.4 is 4.18 Å². The Morgan fingerprint density at radius 3 is 2.67 bits per heavy atom. The Balaban J connectivity index is 2.16. The minimum atomic E-state index is 0.720. The second-order valence-corrected chi connectivity index (χ2v) is 3.02. The van der Waals surface area contributed by atoms with Crippen molar-refractivity contribution < 1.29 is 8.92 Å². The lowest BCUT2D eigenvalue weighted by molar-refractivity contribution is 0.218. The molecular formula is C9H12O2S. The Hall–Kier alpha value is -0.670. The number of rotatable bonds is 5. The number of benzene rings is 1. The zero-order valence-electron chi connectivity index (χ0n) is 7.03. The molecule has 0 N–H and O–H groups in total. The van der Waals surface area contributed by atoms with Crippen molar-refractivity contribution in [2.45, 2.75) is 0 Å². The second-order valence-electron chi connectivity index (χ2n) is 2.21. The molecule has 12 heavy (non-hydrogen) atoms. The van der Waals surface area contributed by atoms with Crippen molar-refractivity contribution in [3.63, 3.8) is 0 Å². The van der Waals surface area contributed by atoms with E-state index in [-0.39, 0.29) is 0 Å². The first kappa shape index (κ1) is 9.42. The Labute approximate surface area is 77.1 Å². The van der Waals surface area contributed by atoms with Crippen molar-refractivity contribution in [3.8, 4) is 5.75 Å². The van der Waals surface area contributed by atoms with Gasteiger partial charge >= 0.3 is 0 Å². The van der Waals surface area contributed by atoms with E-state index in [2.05, 4.69) is 0 Å². The van der Waals surface area contributed by atoms with Gasteiger partial charge in [0.25, 0.3) is 0 Å². The van der Waals surface area contributed by atoms with Crippen molar-refractivity contribution >= 4 is 12.0 Å². The number of para-hydroxylation sites is 1. The lowest BCUT2D eigenvalue weighted by atomic mass is 10.3. The minimum absolute atomic E-state index is 0.720. The molecule has 1 rings (SSSR count). The molecule has 0 saturated carbocycles. The van der Waals surface area contributed by atoms with Gasteiger partial charge in [-0.05, 0) is 12.1 Å². The van der Waals surface area contributed by atoms with E-state index in [1.54, 1.807) is 7.11 Å². The molecule has 0 saturated heterocycles. The van der Waals surface area contributed by atoms with Crippen molar-refractivity contribution in [1.29, 1.82) is 0 Å². The van der Waals surface area contributed by atoms with Gasteiger partial charge in [0.05, 0.1) is 24.4 Å².